The summed E-state index contributed by atoms with van der Waals surface area (Å²) >= 11 is 0. The zero-order valence-corrected chi connectivity index (χ0v) is 15.9. The van der Waals surface area contributed by atoms with Crippen LogP contribution in [0.15, 0.2) is 5.16 Å². The van der Waals surface area contributed by atoms with E-state index in [-0.39, 0.29) is 6.10 Å². The smallest absolute Gasteiger partial charge is 0.360 e. The van der Waals surface area contributed by atoms with E-state index in [0.717, 1.165) is 19.3 Å². The molecule has 2 heterocycles. The molecule has 2 fully saturated rings. The quantitative estimate of drug-likeness (QED) is 0.735. The Labute approximate surface area is 152 Å². The molecule has 0 aromatic rings. The third kappa shape index (κ3) is 4.02. The van der Waals surface area contributed by atoms with Gasteiger partial charge in [-0.25, -0.2) is 0 Å². The van der Waals surface area contributed by atoms with Crippen LogP contribution in [0, 0.1) is 17.8 Å². The van der Waals surface area contributed by atoms with Crippen molar-refractivity contribution in [3.05, 3.63) is 0 Å². The molecule has 0 bridgehead atoms. The molecule has 1 aliphatic carbocycles. The van der Waals surface area contributed by atoms with Gasteiger partial charge >= 0.3 is 6.18 Å². The number of alkyl halides is 3. The molecule has 6 atom stereocenters. The Morgan fingerprint density at radius 2 is 1.88 bits per heavy atom. The fraction of sp³-hybridized carbons (Fsp3) is 0.944. The van der Waals surface area contributed by atoms with E-state index in [4.69, 9.17) is 19.0 Å². The van der Waals surface area contributed by atoms with Gasteiger partial charge in [0.2, 0.25) is 0 Å². The Morgan fingerprint density at radius 1 is 1.19 bits per heavy atom. The maximum Gasteiger partial charge on any atom is 0.435 e. The SMILES string of the molecule is CC(C)[C@@H]1CC[C@@H](C)C[C@H]1O[C@H]1ON=C(C(F)(F)F)[C@@H]2OC(C)(C)O[C@H]12. The summed E-state index contributed by atoms with van der Waals surface area (Å²) in [5.74, 6) is 0.0873. The van der Waals surface area contributed by atoms with Gasteiger partial charge in [0.15, 0.2) is 17.6 Å². The van der Waals surface area contributed by atoms with Gasteiger partial charge in [0.1, 0.15) is 6.10 Å². The van der Waals surface area contributed by atoms with Gasteiger partial charge in [-0.05, 0) is 44.4 Å². The molecule has 3 aliphatic rings. The highest BCUT2D eigenvalue weighted by Crippen LogP contribution is 2.41. The fourth-order valence-electron chi connectivity index (χ4n) is 4.18. The second kappa shape index (κ2) is 6.95. The van der Waals surface area contributed by atoms with Gasteiger partial charge in [-0.15, -0.1) is 0 Å². The van der Waals surface area contributed by atoms with Crippen molar-refractivity contribution in [3.8, 4) is 0 Å². The molecule has 2 aliphatic heterocycles. The summed E-state index contributed by atoms with van der Waals surface area (Å²) in [5.41, 5.74) is -1.11. The molecule has 0 aromatic carbocycles. The highest BCUT2D eigenvalue weighted by Gasteiger charge is 2.58. The molecule has 1 saturated carbocycles. The number of fused-ring (bicyclic) bond motifs is 1. The Hall–Kier alpha value is -0.860. The number of hydrogen-bond donors (Lipinski definition) is 0. The topological polar surface area (TPSA) is 49.3 Å². The van der Waals surface area contributed by atoms with E-state index in [1.165, 1.54) is 0 Å². The molecule has 0 amide bonds. The lowest BCUT2D eigenvalue weighted by molar-refractivity contribution is -0.254. The Kier molecular flexibility index (Phi) is 5.31. The standard InChI is InChI=1S/C18H28F3NO4/c1-9(2)11-7-6-10(3)8-12(11)23-16-14-13(24-17(4,5)25-14)15(22-26-16)18(19,20)21/h9-14,16H,6-8H2,1-5H3/t10-,11+,12-,13-,14+,16+/m1/s1. The molecule has 0 unspecified atom stereocenters. The van der Waals surface area contributed by atoms with Crippen molar-refractivity contribution in [2.75, 3.05) is 0 Å². The average Bonchev–Trinajstić information content (AvgIpc) is 2.81. The predicted molar refractivity (Wildman–Crippen MR) is 88.4 cm³/mol. The lowest BCUT2D eigenvalue weighted by Crippen LogP contribution is -2.52. The van der Waals surface area contributed by atoms with Crippen molar-refractivity contribution in [1.29, 1.82) is 0 Å². The van der Waals surface area contributed by atoms with Gasteiger partial charge in [0.25, 0.3) is 6.29 Å². The lowest BCUT2D eigenvalue weighted by Gasteiger charge is -2.40. The van der Waals surface area contributed by atoms with E-state index in [1.807, 2.05) is 0 Å². The van der Waals surface area contributed by atoms with Gasteiger partial charge in [0.05, 0.1) is 6.10 Å². The van der Waals surface area contributed by atoms with E-state index >= 15 is 0 Å². The highest BCUT2D eigenvalue weighted by atomic mass is 19.4. The number of rotatable bonds is 3. The minimum absolute atomic E-state index is 0.0978. The first kappa shape index (κ1) is 19.9. The molecule has 8 heteroatoms. The summed E-state index contributed by atoms with van der Waals surface area (Å²) in [6.45, 7) is 9.60. The van der Waals surface area contributed by atoms with E-state index < -0.39 is 36.2 Å². The normalized spacial score (nSPS) is 40.1. The van der Waals surface area contributed by atoms with Gasteiger partial charge in [-0.1, -0.05) is 32.3 Å². The molecule has 3 rings (SSSR count). The summed E-state index contributed by atoms with van der Waals surface area (Å²) in [4.78, 5) is 5.13. The first-order chi connectivity index (χ1) is 12.0. The van der Waals surface area contributed by atoms with Crippen LogP contribution in [-0.2, 0) is 19.0 Å². The van der Waals surface area contributed by atoms with Crippen LogP contribution < -0.4 is 0 Å². The van der Waals surface area contributed by atoms with Gasteiger partial charge < -0.3 is 19.0 Å². The fourth-order valence-corrected chi connectivity index (χ4v) is 4.18. The highest BCUT2D eigenvalue weighted by molar-refractivity contribution is 5.94. The molecular formula is C18H28F3NO4. The van der Waals surface area contributed by atoms with Crippen molar-refractivity contribution < 1.29 is 32.2 Å². The number of nitrogens with zero attached hydrogens (tertiary/aromatic N) is 1. The maximum atomic E-state index is 13.2. The summed E-state index contributed by atoms with van der Waals surface area (Å²) in [6, 6.07) is 0. The Balaban J connectivity index is 1.80. The largest absolute Gasteiger partial charge is 0.435 e. The monoisotopic (exact) mass is 379 g/mol. The summed E-state index contributed by atoms with van der Waals surface area (Å²) in [7, 11) is 0. The molecule has 0 radical (unpaired) electrons. The molecule has 5 nitrogen and oxygen atoms in total. The molecule has 0 N–H and O–H groups in total. The van der Waals surface area contributed by atoms with Crippen molar-refractivity contribution in [2.24, 2.45) is 22.9 Å². The molecule has 26 heavy (non-hydrogen) atoms. The van der Waals surface area contributed by atoms with E-state index in [2.05, 4.69) is 25.9 Å². The van der Waals surface area contributed by atoms with Crippen molar-refractivity contribution in [1.82, 2.24) is 0 Å². The molecular weight excluding hydrogens is 351 g/mol. The average molecular weight is 379 g/mol. The third-order valence-electron chi connectivity index (χ3n) is 5.48. The lowest BCUT2D eigenvalue weighted by atomic mass is 9.75. The van der Waals surface area contributed by atoms with Crippen molar-refractivity contribution >= 4 is 5.71 Å². The molecule has 0 spiro atoms. The molecule has 1 saturated heterocycles. The van der Waals surface area contributed by atoms with Crippen molar-refractivity contribution in [2.45, 2.75) is 90.4 Å². The number of oxime groups is 1. The summed E-state index contributed by atoms with van der Waals surface area (Å²) < 4.78 is 57.1. The van der Waals surface area contributed by atoms with Gasteiger partial charge in [-0.2, -0.15) is 13.2 Å². The minimum atomic E-state index is -4.64. The van der Waals surface area contributed by atoms with Crippen LogP contribution in [0.5, 0.6) is 0 Å². The number of ether oxygens (including phenoxy) is 3. The Morgan fingerprint density at radius 3 is 2.50 bits per heavy atom. The van der Waals surface area contributed by atoms with E-state index in [0.29, 0.717) is 17.8 Å². The zero-order valence-electron chi connectivity index (χ0n) is 15.9. The van der Waals surface area contributed by atoms with Crippen LogP contribution in [0.3, 0.4) is 0 Å². The molecule has 150 valence electrons. The van der Waals surface area contributed by atoms with Crippen LogP contribution in [-0.4, -0.2) is 42.3 Å². The second-order valence-electron chi connectivity index (χ2n) is 8.47. The van der Waals surface area contributed by atoms with Crippen LogP contribution in [0.2, 0.25) is 0 Å². The van der Waals surface area contributed by atoms with Crippen LogP contribution in [0.25, 0.3) is 0 Å². The van der Waals surface area contributed by atoms with Gasteiger partial charge in [-0.3, -0.25) is 0 Å². The molecule has 0 aromatic heterocycles. The zero-order chi connectivity index (χ0) is 19.3. The first-order valence-corrected chi connectivity index (χ1v) is 9.30. The summed E-state index contributed by atoms with van der Waals surface area (Å²) in [5, 5.41) is 3.31. The van der Waals surface area contributed by atoms with Crippen molar-refractivity contribution in [3.63, 3.8) is 0 Å². The maximum absolute atomic E-state index is 13.2. The number of hydrogen-bond acceptors (Lipinski definition) is 5. The van der Waals surface area contributed by atoms with E-state index in [9.17, 15) is 13.2 Å². The minimum Gasteiger partial charge on any atom is -0.360 e. The summed E-state index contributed by atoms with van der Waals surface area (Å²) in [6.07, 6.45) is -5.08. The van der Waals surface area contributed by atoms with E-state index in [1.54, 1.807) is 13.8 Å². The third-order valence-corrected chi connectivity index (χ3v) is 5.48. The van der Waals surface area contributed by atoms with Gasteiger partial charge in [0, 0.05) is 0 Å². The predicted octanol–water partition coefficient (Wildman–Crippen LogP) is 4.26. The van der Waals surface area contributed by atoms with Crippen LogP contribution >= 0.6 is 0 Å². The first-order valence-electron chi connectivity index (χ1n) is 9.30. The van der Waals surface area contributed by atoms with Crippen LogP contribution in [0.1, 0.15) is 53.9 Å². The second-order valence-corrected chi connectivity index (χ2v) is 8.47. The number of halogens is 3. The van der Waals surface area contributed by atoms with Crippen LogP contribution in [0.4, 0.5) is 13.2 Å². The Bertz CT molecular complexity index is 549.